The Balaban J connectivity index is 3.28. The zero-order valence-corrected chi connectivity index (χ0v) is 5.74. The molecule has 0 spiro atoms. The zero-order valence-electron chi connectivity index (χ0n) is 5.74. The lowest BCUT2D eigenvalue weighted by molar-refractivity contribution is 0.709. The largest absolute Gasteiger partial charge is 0.393 e. The van der Waals surface area contributed by atoms with Gasteiger partial charge in [0.25, 0.3) is 5.56 Å². The van der Waals surface area contributed by atoms with E-state index in [1.54, 1.807) is 0 Å². The molecule has 1 rings (SSSR count). The van der Waals surface area contributed by atoms with Crippen LogP contribution in [-0.4, -0.2) is 9.55 Å². The molecule has 0 saturated carbocycles. The Labute approximate surface area is 58.3 Å². The highest BCUT2D eigenvalue weighted by atomic mass is 16.1. The molecule has 4 nitrogen and oxygen atoms in total. The van der Waals surface area contributed by atoms with Gasteiger partial charge in [-0.05, 0) is 6.92 Å². The first-order valence-electron chi connectivity index (χ1n) is 3.05. The van der Waals surface area contributed by atoms with E-state index in [0.717, 1.165) is 0 Å². The molecule has 0 bridgehead atoms. The van der Waals surface area contributed by atoms with Crippen molar-refractivity contribution in [1.29, 1.82) is 0 Å². The Kier molecular flexibility index (Phi) is 1.71. The average Bonchev–Trinajstić information content (AvgIpc) is 1.95. The fourth-order valence-corrected chi connectivity index (χ4v) is 0.693. The van der Waals surface area contributed by atoms with Gasteiger partial charge in [0.2, 0.25) is 0 Å². The number of nitrogens with zero attached hydrogens (tertiary/aromatic N) is 2. The number of nitrogen functional groups attached to an aromatic ring is 1. The summed E-state index contributed by atoms with van der Waals surface area (Å²) in [5, 5.41) is 0. The first-order valence-corrected chi connectivity index (χ1v) is 3.05. The molecule has 0 radical (unpaired) electrons. The first kappa shape index (κ1) is 6.80. The van der Waals surface area contributed by atoms with E-state index in [0.29, 0.717) is 6.54 Å². The Morgan fingerprint density at radius 3 is 3.00 bits per heavy atom. The van der Waals surface area contributed by atoms with Crippen molar-refractivity contribution in [3.05, 3.63) is 22.9 Å². The van der Waals surface area contributed by atoms with Gasteiger partial charge in [-0.3, -0.25) is 9.36 Å². The maximum atomic E-state index is 11.0. The molecular formula is C6H9N3O. The van der Waals surface area contributed by atoms with Gasteiger partial charge < -0.3 is 5.73 Å². The van der Waals surface area contributed by atoms with Crippen LogP contribution in [0, 0.1) is 0 Å². The van der Waals surface area contributed by atoms with Crippen LogP contribution >= 0.6 is 0 Å². The van der Waals surface area contributed by atoms with Crippen LogP contribution in [-0.2, 0) is 6.54 Å². The van der Waals surface area contributed by atoms with Gasteiger partial charge in [0.15, 0.2) is 0 Å². The van der Waals surface area contributed by atoms with Gasteiger partial charge in [-0.1, -0.05) is 0 Å². The standard InChI is InChI=1S/C6H9N3O/c1-2-9-4-8-3-5(7)6(9)10/h3-4H,2,7H2,1H3. The van der Waals surface area contributed by atoms with Gasteiger partial charge in [-0.2, -0.15) is 0 Å². The number of hydrogen-bond donors (Lipinski definition) is 1. The Morgan fingerprint density at radius 1 is 1.80 bits per heavy atom. The Morgan fingerprint density at radius 2 is 2.50 bits per heavy atom. The second-order valence-electron chi connectivity index (χ2n) is 1.94. The van der Waals surface area contributed by atoms with Gasteiger partial charge in [0, 0.05) is 6.54 Å². The van der Waals surface area contributed by atoms with Crippen LogP contribution in [0.25, 0.3) is 0 Å². The van der Waals surface area contributed by atoms with Gasteiger partial charge in [-0.15, -0.1) is 0 Å². The van der Waals surface area contributed by atoms with Crippen molar-refractivity contribution in [1.82, 2.24) is 9.55 Å². The van der Waals surface area contributed by atoms with Gasteiger partial charge in [-0.25, -0.2) is 4.98 Å². The topological polar surface area (TPSA) is 60.9 Å². The van der Waals surface area contributed by atoms with Crippen molar-refractivity contribution in [2.75, 3.05) is 5.73 Å². The molecule has 1 aromatic rings. The molecule has 0 aliphatic rings. The molecule has 1 aromatic heterocycles. The molecule has 54 valence electrons. The van der Waals surface area contributed by atoms with Crippen LogP contribution in [0.5, 0.6) is 0 Å². The molecule has 10 heavy (non-hydrogen) atoms. The van der Waals surface area contributed by atoms with Crippen LogP contribution < -0.4 is 11.3 Å². The van der Waals surface area contributed by atoms with E-state index in [9.17, 15) is 4.79 Å². The van der Waals surface area contributed by atoms with Crippen molar-refractivity contribution in [2.45, 2.75) is 13.5 Å². The van der Waals surface area contributed by atoms with Crippen molar-refractivity contribution in [3.63, 3.8) is 0 Å². The molecule has 0 aliphatic heterocycles. The lowest BCUT2D eigenvalue weighted by atomic mass is 10.5. The third kappa shape index (κ3) is 1.00. The van der Waals surface area contributed by atoms with E-state index >= 15 is 0 Å². The number of anilines is 1. The number of aryl methyl sites for hydroxylation is 1. The molecule has 2 N–H and O–H groups in total. The second kappa shape index (κ2) is 2.51. The Hall–Kier alpha value is -1.32. The highest BCUT2D eigenvalue weighted by Crippen LogP contribution is 1.85. The van der Waals surface area contributed by atoms with E-state index in [2.05, 4.69) is 4.98 Å². The van der Waals surface area contributed by atoms with E-state index < -0.39 is 0 Å². The first-order chi connectivity index (χ1) is 4.75. The van der Waals surface area contributed by atoms with Crippen LogP contribution in [0.2, 0.25) is 0 Å². The molecule has 4 heteroatoms. The minimum Gasteiger partial charge on any atom is -0.393 e. The van der Waals surface area contributed by atoms with Crippen molar-refractivity contribution in [2.24, 2.45) is 0 Å². The molecule has 0 amide bonds. The second-order valence-corrected chi connectivity index (χ2v) is 1.94. The zero-order chi connectivity index (χ0) is 7.56. The van der Waals surface area contributed by atoms with Gasteiger partial charge >= 0.3 is 0 Å². The quantitative estimate of drug-likeness (QED) is 0.588. The summed E-state index contributed by atoms with van der Waals surface area (Å²) in [5.74, 6) is 0. The molecule has 0 saturated heterocycles. The van der Waals surface area contributed by atoms with E-state index in [4.69, 9.17) is 5.73 Å². The lowest BCUT2D eigenvalue weighted by Gasteiger charge is -1.98. The van der Waals surface area contributed by atoms with Crippen LogP contribution in [0.4, 0.5) is 5.69 Å². The SMILES string of the molecule is CCn1cncc(N)c1=O. The molecule has 1 heterocycles. The Bertz CT molecular complexity index is 279. The summed E-state index contributed by atoms with van der Waals surface area (Å²) in [4.78, 5) is 14.8. The molecule has 0 fully saturated rings. The summed E-state index contributed by atoms with van der Waals surface area (Å²) in [7, 11) is 0. The van der Waals surface area contributed by atoms with E-state index in [-0.39, 0.29) is 11.2 Å². The number of hydrogen-bond acceptors (Lipinski definition) is 3. The monoisotopic (exact) mass is 139 g/mol. The third-order valence-corrected chi connectivity index (χ3v) is 1.27. The van der Waals surface area contributed by atoms with Crippen molar-refractivity contribution in [3.8, 4) is 0 Å². The number of nitrogens with two attached hydrogens (primary N) is 1. The molecule has 0 atom stereocenters. The lowest BCUT2D eigenvalue weighted by Crippen LogP contribution is -2.21. The number of aromatic nitrogens is 2. The fraction of sp³-hybridized carbons (Fsp3) is 0.333. The minimum atomic E-state index is -0.169. The number of rotatable bonds is 1. The smallest absolute Gasteiger partial charge is 0.276 e. The predicted octanol–water partition coefficient (Wildman–Crippen LogP) is -0.155. The van der Waals surface area contributed by atoms with Crippen LogP contribution in [0.15, 0.2) is 17.3 Å². The highest BCUT2D eigenvalue weighted by Gasteiger charge is 1.95. The van der Waals surface area contributed by atoms with E-state index in [1.807, 2.05) is 6.92 Å². The average molecular weight is 139 g/mol. The van der Waals surface area contributed by atoms with Gasteiger partial charge in [0.05, 0.1) is 12.5 Å². The summed E-state index contributed by atoms with van der Waals surface area (Å²) in [5.41, 5.74) is 5.33. The van der Waals surface area contributed by atoms with Crippen molar-refractivity contribution < 1.29 is 0 Å². The van der Waals surface area contributed by atoms with Crippen molar-refractivity contribution >= 4 is 5.69 Å². The molecular weight excluding hydrogens is 130 g/mol. The van der Waals surface area contributed by atoms with E-state index in [1.165, 1.54) is 17.1 Å². The van der Waals surface area contributed by atoms with Gasteiger partial charge in [0.1, 0.15) is 5.69 Å². The van der Waals surface area contributed by atoms with Crippen LogP contribution in [0.3, 0.4) is 0 Å². The summed E-state index contributed by atoms with van der Waals surface area (Å²) in [6.45, 7) is 2.47. The summed E-state index contributed by atoms with van der Waals surface area (Å²) >= 11 is 0. The third-order valence-electron chi connectivity index (χ3n) is 1.27. The fourth-order valence-electron chi connectivity index (χ4n) is 0.693. The molecule has 0 aliphatic carbocycles. The minimum absolute atomic E-state index is 0.169. The summed E-state index contributed by atoms with van der Waals surface area (Å²) in [6.07, 6.45) is 2.83. The maximum Gasteiger partial charge on any atom is 0.276 e. The maximum absolute atomic E-state index is 11.0. The summed E-state index contributed by atoms with van der Waals surface area (Å²) in [6, 6.07) is 0. The predicted molar refractivity (Wildman–Crippen MR) is 38.6 cm³/mol. The van der Waals surface area contributed by atoms with Crippen LogP contribution in [0.1, 0.15) is 6.92 Å². The molecule has 0 aromatic carbocycles. The summed E-state index contributed by atoms with van der Waals surface area (Å²) < 4.78 is 1.45. The molecule has 0 unspecified atom stereocenters. The highest BCUT2D eigenvalue weighted by molar-refractivity contribution is 5.29. The normalized spacial score (nSPS) is 9.70.